The van der Waals surface area contributed by atoms with Crippen LogP contribution >= 0.6 is 0 Å². The van der Waals surface area contributed by atoms with Crippen LogP contribution in [0.25, 0.3) is 0 Å². The maximum Gasteiger partial charge on any atom is 0.411 e. The average molecular weight is 215 g/mol. The quantitative estimate of drug-likeness (QED) is 0.705. The van der Waals surface area contributed by atoms with E-state index in [2.05, 4.69) is 0 Å². The fourth-order valence-corrected chi connectivity index (χ4v) is 1.88. The van der Waals surface area contributed by atoms with Crippen molar-refractivity contribution < 1.29 is 24.2 Å². The van der Waals surface area contributed by atoms with E-state index in [1.165, 1.54) is 4.90 Å². The predicted molar refractivity (Wildman–Crippen MR) is 48.5 cm³/mol. The van der Waals surface area contributed by atoms with Crippen molar-refractivity contribution in [1.29, 1.82) is 0 Å². The Kier molecular flexibility index (Phi) is 2.77. The van der Waals surface area contributed by atoms with Crippen molar-refractivity contribution in [3.63, 3.8) is 0 Å². The molecule has 0 aromatic carbocycles. The maximum atomic E-state index is 11.4. The van der Waals surface area contributed by atoms with E-state index in [0.717, 1.165) is 12.8 Å². The van der Waals surface area contributed by atoms with Gasteiger partial charge in [-0.1, -0.05) is 0 Å². The van der Waals surface area contributed by atoms with Crippen molar-refractivity contribution in [1.82, 2.24) is 4.90 Å². The number of hydrogen-bond donors (Lipinski definition) is 1. The molecule has 6 nitrogen and oxygen atoms in total. The summed E-state index contributed by atoms with van der Waals surface area (Å²) in [7, 11) is 0. The molecule has 2 aliphatic heterocycles. The topological polar surface area (TPSA) is 76.1 Å². The Hall–Kier alpha value is -1.30. The van der Waals surface area contributed by atoms with Crippen LogP contribution in [-0.4, -0.2) is 54.0 Å². The highest BCUT2D eigenvalue weighted by molar-refractivity contribution is 5.81. The number of ether oxygens (including phenoxy) is 2. The fraction of sp³-hybridized carbons (Fsp3) is 0.778. The van der Waals surface area contributed by atoms with Gasteiger partial charge in [-0.2, -0.15) is 0 Å². The molecule has 2 aliphatic rings. The summed E-state index contributed by atoms with van der Waals surface area (Å²) >= 11 is 0. The first-order chi connectivity index (χ1) is 7.18. The molecule has 2 rings (SSSR count). The predicted octanol–water partition coefficient (Wildman–Crippen LogP) is 0.0708. The molecule has 6 heteroatoms. The molecule has 1 unspecified atom stereocenters. The van der Waals surface area contributed by atoms with Crippen LogP contribution in [0, 0.1) is 0 Å². The van der Waals surface area contributed by atoms with Crippen LogP contribution in [0.4, 0.5) is 4.79 Å². The summed E-state index contributed by atoms with van der Waals surface area (Å²) in [4.78, 5) is 23.5. The highest BCUT2D eigenvalue weighted by Gasteiger charge is 2.40. The van der Waals surface area contributed by atoms with Gasteiger partial charge in [-0.15, -0.1) is 0 Å². The molecular formula is C9H13NO5. The number of rotatable bonds is 2. The maximum absolute atomic E-state index is 11.4. The van der Waals surface area contributed by atoms with Gasteiger partial charge in [0, 0.05) is 6.61 Å². The van der Waals surface area contributed by atoms with Crippen LogP contribution in [0.1, 0.15) is 12.8 Å². The van der Waals surface area contributed by atoms with Gasteiger partial charge in [0.05, 0.1) is 19.2 Å². The SMILES string of the molecule is O=C(O)[C@H]1CN(C2CCCOC2)C(=O)O1. The van der Waals surface area contributed by atoms with Crippen LogP contribution < -0.4 is 0 Å². The van der Waals surface area contributed by atoms with Crippen molar-refractivity contribution in [3.05, 3.63) is 0 Å². The fourth-order valence-electron chi connectivity index (χ4n) is 1.88. The van der Waals surface area contributed by atoms with Gasteiger partial charge in [0.25, 0.3) is 0 Å². The van der Waals surface area contributed by atoms with Crippen molar-refractivity contribution in [2.45, 2.75) is 25.0 Å². The summed E-state index contributed by atoms with van der Waals surface area (Å²) < 4.78 is 9.96. The van der Waals surface area contributed by atoms with Crippen LogP contribution in [0.2, 0.25) is 0 Å². The summed E-state index contributed by atoms with van der Waals surface area (Å²) in [5.74, 6) is -1.09. The summed E-state index contributed by atoms with van der Waals surface area (Å²) in [6.45, 7) is 1.31. The van der Waals surface area contributed by atoms with E-state index in [1.807, 2.05) is 0 Å². The Morgan fingerprint density at radius 3 is 2.87 bits per heavy atom. The second kappa shape index (κ2) is 4.06. The van der Waals surface area contributed by atoms with Gasteiger partial charge in [0.2, 0.25) is 6.10 Å². The molecule has 1 amide bonds. The second-order valence-corrected chi connectivity index (χ2v) is 3.73. The molecule has 0 aromatic rings. The molecule has 0 bridgehead atoms. The van der Waals surface area contributed by atoms with E-state index in [4.69, 9.17) is 14.6 Å². The zero-order valence-corrected chi connectivity index (χ0v) is 8.22. The molecule has 0 spiro atoms. The van der Waals surface area contributed by atoms with Crippen molar-refractivity contribution >= 4 is 12.1 Å². The van der Waals surface area contributed by atoms with Gasteiger partial charge in [-0.05, 0) is 12.8 Å². The lowest BCUT2D eigenvalue weighted by Crippen LogP contribution is -2.42. The molecule has 84 valence electrons. The van der Waals surface area contributed by atoms with Crippen molar-refractivity contribution in [2.75, 3.05) is 19.8 Å². The molecule has 0 aromatic heterocycles. The van der Waals surface area contributed by atoms with Crippen molar-refractivity contribution in [2.24, 2.45) is 0 Å². The number of carboxylic acid groups (broad SMARTS) is 1. The molecule has 1 N–H and O–H groups in total. The molecule has 15 heavy (non-hydrogen) atoms. The lowest BCUT2D eigenvalue weighted by atomic mass is 10.1. The van der Waals surface area contributed by atoms with E-state index in [-0.39, 0.29) is 12.6 Å². The van der Waals surface area contributed by atoms with E-state index in [9.17, 15) is 9.59 Å². The Balaban J connectivity index is 1.97. The van der Waals surface area contributed by atoms with Crippen LogP contribution in [-0.2, 0) is 14.3 Å². The van der Waals surface area contributed by atoms with Gasteiger partial charge >= 0.3 is 12.1 Å². The lowest BCUT2D eigenvalue weighted by molar-refractivity contribution is -0.144. The molecule has 2 fully saturated rings. The molecule has 0 radical (unpaired) electrons. The standard InChI is InChI=1S/C9H13NO5/c11-8(12)7-4-10(9(13)15-7)6-2-1-3-14-5-6/h6-7H,1-5H2,(H,11,12)/t6?,7-/m1/s1. The van der Waals surface area contributed by atoms with Crippen LogP contribution in [0.5, 0.6) is 0 Å². The summed E-state index contributed by atoms with van der Waals surface area (Å²) in [6, 6.07) is -0.0319. The summed E-state index contributed by atoms with van der Waals surface area (Å²) in [5.41, 5.74) is 0. The number of carbonyl (C=O) groups is 2. The first-order valence-electron chi connectivity index (χ1n) is 4.96. The van der Waals surface area contributed by atoms with Gasteiger partial charge in [0.1, 0.15) is 0 Å². The van der Waals surface area contributed by atoms with Gasteiger partial charge in [-0.25, -0.2) is 9.59 Å². The minimum Gasteiger partial charge on any atom is -0.478 e. The third-order valence-corrected chi connectivity index (χ3v) is 2.69. The third-order valence-electron chi connectivity index (χ3n) is 2.69. The normalized spacial score (nSPS) is 31.5. The molecule has 0 saturated carbocycles. The Morgan fingerprint density at radius 1 is 1.53 bits per heavy atom. The number of cyclic esters (lactones) is 1. The molecule has 0 aliphatic carbocycles. The zero-order valence-electron chi connectivity index (χ0n) is 8.22. The summed E-state index contributed by atoms with van der Waals surface area (Å²) in [6.07, 6.45) is 0.172. The second-order valence-electron chi connectivity index (χ2n) is 3.73. The van der Waals surface area contributed by atoms with E-state index in [0.29, 0.717) is 13.2 Å². The Bertz CT molecular complexity index is 274. The number of carboxylic acids is 1. The van der Waals surface area contributed by atoms with E-state index >= 15 is 0 Å². The van der Waals surface area contributed by atoms with E-state index in [1.54, 1.807) is 0 Å². The van der Waals surface area contributed by atoms with Crippen LogP contribution in [0.15, 0.2) is 0 Å². The lowest BCUT2D eigenvalue weighted by Gasteiger charge is -2.28. The summed E-state index contributed by atoms with van der Waals surface area (Å²) in [5, 5.41) is 8.71. The largest absolute Gasteiger partial charge is 0.478 e. The average Bonchev–Trinajstić information content (AvgIpc) is 2.62. The zero-order chi connectivity index (χ0) is 10.8. The highest BCUT2D eigenvalue weighted by atomic mass is 16.6. The van der Waals surface area contributed by atoms with Gasteiger partial charge in [-0.3, -0.25) is 4.90 Å². The van der Waals surface area contributed by atoms with Crippen LogP contribution in [0.3, 0.4) is 0 Å². The number of carbonyl (C=O) groups excluding carboxylic acids is 1. The van der Waals surface area contributed by atoms with Gasteiger partial charge < -0.3 is 14.6 Å². The minimum atomic E-state index is -1.09. The molecule has 2 saturated heterocycles. The Labute approximate surface area is 86.8 Å². The minimum absolute atomic E-state index is 0.0319. The molecular weight excluding hydrogens is 202 g/mol. The first-order valence-corrected chi connectivity index (χ1v) is 4.96. The number of aliphatic carboxylic acids is 1. The smallest absolute Gasteiger partial charge is 0.411 e. The van der Waals surface area contributed by atoms with E-state index < -0.39 is 18.2 Å². The molecule has 2 atom stereocenters. The number of nitrogens with zero attached hydrogens (tertiary/aromatic N) is 1. The third kappa shape index (κ3) is 2.04. The molecule has 2 heterocycles. The monoisotopic (exact) mass is 215 g/mol. The number of hydrogen-bond acceptors (Lipinski definition) is 4. The van der Waals surface area contributed by atoms with Crippen molar-refractivity contribution in [3.8, 4) is 0 Å². The Morgan fingerprint density at radius 2 is 2.33 bits per heavy atom. The highest BCUT2D eigenvalue weighted by Crippen LogP contribution is 2.20. The number of amides is 1. The first kappa shape index (κ1) is 10.2. The van der Waals surface area contributed by atoms with Gasteiger partial charge in [0.15, 0.2) is 0 Å².